The minimum Gasteiger partial charge on any atom is -0.462 e. The van der Waals surface area contributed by atoms with E-state index in [0.717, 1.165) is 36.1 Å². The SMILES string of the molecule is CCCCCCNc1cccc(N(Cc2cc(C)cc(C)c2)C(=O)COCC)c1C(=O)OCC. The third-order valence-electron chi connectivity index (χ3n) is 5.51. The highest BCUT2D eigenvalue weighted by Crippen LogP contribution is 2.31. The Bertz CT molecular complexity index is 922. The zero-order valence-electron chi connectivity index (χ0n) is 21.4. The molecule has 0 unspecified atom stereocenters. The molecule has 2 rings (SSSR count). The van der Waals surface area contributed by atoms with Crippen LogP contribution in [0.5, 0.6) is 0 Å². The Balaban J connectivity index is 2.48. The molecular formula is C28H40N2O4. The Labute approximate surface area is 204 Å². The highest BCUT2D eigenvalue weighted by molar-refractivity contribution is 6.06. The van der Waals surface area contributed by atoms with E-state index in [9.17, 15) is 9.59 Å². The lowest BCUT2D eigenvalue weighted by Crippen LogP contribution is -2.35. The van der Waals surface area contributed by atoms with Crippen molar-refractivity contribution in [3.05, 3.63) is 58.7 Å². The number of carbonyl (C=O) groups is 2. The molecule has 0 bridgehead atoms. The largest absolute Gasteiger partial charge is 0.462 e. The van der Waals surface area contributed by atoms with Crippen molar-refractivity contribution in [2.75, 3.05) is 36.6 Å². The Morgan fingerprint density at radius 1 is 0.941 bits per heavy atom. The third kappa shape index (κ3) is 8.17. The molecule has 6 nitrogen and oxygen atoms in total. The van der Waals surface area contributed by atoms with E-state index < -0.39 is 5.97 Å². The van der Waals surface area contributed by atoms with Crippen molar-refractivity contribution < 1.29 is 19.1 Å². The second-order valence-corrected chi connectivity index (χ2v) is 8.52. The number of esters is 1. The number of nitrogens with zero attached hydrogens (tertiary/aromatic N) is 1. The molecule has 0 spiro atoms. The van der Waals surface area contributed by atoms with Gasteiger partial charge in [-0.3, -0.25) is 4.79 Å². The first-order valence-corrected chi connectivity index (χ1v) is 12.4. The van der Waals surface area contributed by atoms with Gasteiger partial charge in [-0.05, 0) is 51.8 Å². The predicted octanol–water partition coefficient (Wildman–Crippen LogP) is 6.04. The molecule has 2 aromatic carbocycles. The van der Waals surface area contributed by atoms with Gasteiger partial charge >= 0.3 is 5.97 Å². The van der Waals surface area contributed by atoms with Gasteiger partial charge in [0.1, 0.15) is 12.2 Å². The average Bonchev–Trinajstić information content (AvgIpc) is 2.80. The van der Waals surface area contributed by atoms with Crippen molar-refractivity contribution in [1.82, 2.24) is 0 Å². The van der Waals surface area contributed by atoms with Gasteiger partial charge in [-0.25, -0.2) is 4.79 Å². The van der Waals surface area contributed by atoms with E-state index in [1.165, 1.54) is 12.8 Å². The van der Waals surface area contributed by atoms with E-state index in [0.29, 0.717) is 30.1 Å². The Morgan fingerprint density at radius 3 is 2.32 bits per heavy atom. The molecule has 0 saturated carbocycles. The van der Waals surface area contributed by atoms with Crippen LogP contribution < -0.4 is 10.2 Å². The van der Waals surface area contributed by atoms with Gasteiger partial charge in [0.2, 0.25) is 0 Å². The highest BCUT2D eigenvalue weighted by atomic mass is 16.5. The van der Waals surface area contributed by atoms with Crippen LogP contribution in [0.1, 0.15) is 73.5 Å². The minimum atomic E-state index is -0.441. The molecule has 0 aliphatic rings. The molecule has 186 valence electrons. The number of aryl methyl sites for hydroxylation is 2. The number of ether oxygens (including phenoxy) is 2. The smallest absolute Gasteiger partial charge is 0.342 e. The zero-order valence-corrected chi connectivity index (χ0v) is 21.4. The molecule has 1 amide bonds. The van der Waals surface area contributed by atoms with Gasteiger partial charge in [-0.2, -0.15) is 0 Å². The summed E-state index contributed by atoms with van der Waals surface area (Å²) in [6.07, 6.45) is 4.49. The van der Waals surface area contributed by atoms with Gasteiger partial charge in [0.25, 0.3) is 5.91 Å². The summed E-state index contributed by atoms with van der Waals surface area (Å²) < 4.78 is 10.8. The van der Waals surface area contributed by atoms with E-state index >= 15 is 0 Å². The van der Waals surface area contributed by atoms with Crippen molar-refractivity contribution in [1.29, 1.82) is 0 Å². The van der Waals surface area contributed by atoms with E-state index in [-0.39, 0.29) is 19.1 Å². The number of unbranched alkanes of at least 4 members (excludes halogenated alkanes) is 3. The van der Waals surface area contributed by atoms with E-state index in [4.69, 9.17) is 9.47 Å². The van der Waals surface area contributed by atoms with Crippen molar-refractivity contribution in [3.8, 4) is 0 Å². The maximum absolute atomic E-state index is 13.3. The first kappa shape index (κ1) is 27.4. The van der Waals surface area contributed by atoms with Crippen LogP contribution in [0, 0.1) is 13.8 Å². The molecule has 0 heterocycles. The van der Waals surface area contributed by atoms with Gasteiger partial charge < -0.3 is 19.7 Å². The van der Waals surface area contributed by atoms with Crippen molar-refractivity contribution in [2.24, 2.45) is 0 Å². The summed E-state index contributed by atoms with van der Waals surface area (Å²) in [5, 5.41) is 3.40. The van der Waals surface area contributed by atoms with Crippen LogP contribution in [-0.4, -0.2) is 38.2 Å². The number of hydrogen-bond donors (Lipinski definition) is 1. The number of anilines is 2. The first-order valence-electron chi connectivity index (χ1n) is 12.4. The second-order valence-electron chi connectivity index (χ2n) is 8.52. The Kier molecular flexibility index (Phi) is 11.6. The zero-order chi connectivity index (χ0) is 24.9. The Hall–Kier alpha value is -2.86. The molecule has 0 aromatic heterocycles. The van der Waals surface area contributed by atoms with Crippen LogP contribution in [0.3, 0.4) is 0 Å². The van der Waals surface area contributed by atoms with Crippen LogP contribution in [0.4, 0.5) is 11.4 Å². The molecular weight excluding hydrogens is 428 g/mol. The fourth-order valence-electron chi connectivity index (χ4n) is 4.02. The highest BCUT2D eigenvalue weighted by Gasteiger charge is 2.26. The van der Waals surface area contributed by atoms with E-state index in [1.54, 1.807) is 17.9 Å². The van der Waals surface area contributed by atoms with E-state index in [1.807, 2.05) is 32.9 Å². The second kappa shape index (κ2) is 14.4. The minimum absolute atomic E-state index is 0.0573. The maximum atomic E-state index is 13.3. The summed E-state index contributed by atoms with van der Waals surface area (Å²) in [4.78, 5) is 28.0. The summed E-state index contributed by atoms with van der Waals surface area (Å²) in [7, 11) is 0. The lowest BCUT2D eigenvalue weighted by atomic mass is 10.0. The van der Waals surface area contributed by atoms with Gasteiger partial charge in [0, 0.05) is 13.2 Å². The summed E-state index contributed by atoms with van der Waals surface area (Å²) in [6, 6.07) is 11.8. The van der Waals surface area contributed by atoms with Crippen LogP contribution in [0.15, 0.2) is 36.4 Å². The molecule has 2 aromatic rings. The summed E-state index contributed by atoms with van der Waals surface area (Å²) in [6.45, 7) is 11.6. The first-order chi connectivity index (χ1) is 16.4. The molecule has 0 radical (unpaired) electrons. The van der Waals surface area contributed by atoms with Crippen LogP contribution in [0.25, 0.3) is 0 Å². The van der Waals surface area contributed by atoms with Crippen molar-refractivity contribution in [2.45, 2.75) is 66.8 Å². The lowest BCUT2D eigenvalue weighted by Gasteiger charge is -2.27. The Morgan fingerprint density at radius 2 is 1.68 bits per heavy atom. The number of carbonyl (C=O) groups excluding carboxylic acids is 2. The van der Waals surface area contributed by atoms with Crippen LogP contribution in [-0.2, 0) is 20.8 Å². The normalized spacial score (nSPS) is 10.7. The molecule has 1 N–H and O–H groups in total. The van der Waals surface area contributed by atoms with E-state index in [2.05, 4.69) is 30.4 Å². The summed E-state index contributed by atoms with van der Waals surface area (Å²) >= 11 is 0. The van der Waals surface area contributed by atoms with Gasteiger partial charge in [-0.1, -0.05) is 61.6 Å². The van der Waals surface area contributed by atoms with Crippen molar-refractivity contribution >= 4 is 23.3 Å². The quantitative estimate of drug-likeness (QED) is 0.270. The predicted molar refractivity (Wildman–Crippen MR) is 139 cm³/mol. The van der Waals surface area contributed by atoms with Gasteiger partial charge in [0.15, 0.2) is 0 Å². The molecule has 0 saturated heterocycles. The maximum Gasteiger partial charge on any atom is 0.342 e. The molecule has 0 atom stereocenters. The number of benzene rings is 2. The molecule has 34 heavy (non-hydrogen) atoms. The van der Waals surface area contributed by atoms with Gasteiger partial charge in [-0.15, -0.1) is 0 Å². The van der Waals surface area contributed by atoms with Crippen molar-refractivity contribution in [3.63, 3.8) is 0 Å². The summed E-state index contributed by atoms with van der Waals surface area (Å²) in [5.41, 5.74) is 4.84. The molecule has 6 heteroatoms. The molecule has 0 fully saturated rings. The topological polar surface area (TPSA) is 67.9 Å². The molecule has 0 aliphatic carbocycles. The number of hydrogen-bond acceptors (Lipinski definition) is 5. The van der Waals surface area contributed by atoms with Gasteiger partial charge in [0.05, 0.1) is 24.5 Å². The lowest BCUT2D eigenvalue weighted by molar-refractivity contribution is -0.123. The summed E-state index contributed by atoms with van der Waals surface area (Å²) in [5.74, 6) is -0.643. The van der Waals surface area contributed by atoms with Crippen LogP contribution >= 0.6 is 0 Å². The number of rotatable bonds is 14. The number of amides is 1. The third-order valence-corrected chi connectivity index (χ3v) is 5.51. The monoisotopic (exact) mass is 468 g/mol. The molecule has 0 aliphatic heterocycles. The standard InChI is InChI=1S/C28H40N2O4/c1-6-9-10-11-15-29-24-13-12-14-25(27(24)28(32)34-8-3)30(26(31)20-33-7-2)19-23-17-21(4)16-22(5)18-23/h12-14,16-18,29H,6-11,15,19-20H2,1-5H3. The van der Waals surface area contributed by atoms with Crippen LogP contribution in [0.2, 0.25) is 0 Å². The fourth-order valence-corrected chi connectivity index (χ4v) is 4.02. The average molecular weight is 469 g/mol. The number of nitrogens with one attached hydrogen (secondary N) is 1. The fraction of sp³-hybridized carbons (Fsp3) is 0.500.